The van der Waals surface area contributed by atoms with Crippen LogP contribution in [0.1, 0.15) is 22.2 Å². The van der Waals surface area contributed by atoms with Crippen LogP contribution in [0, 0.1) is 13.8 Å². The molecule has 1 aromatic heterocycles. The highest BCUT2D eigenvalue weighted by atomic mass is 32.1. The first-order valence-corrected chi connectivity index (χ1v) is 7.45. The van der Waals surface area contributed by atoms with Gasteiger partial charge in [-0.2, -0.15) is 0 Å². The Labute approximate surface area is 131 Å². The minimum Gasteiger partial charge on any atom is -0.479 e. The van der Waals surface area contributed by atoms with Crippen LogP contribution >= 0.6 is 11.3 Å². The molecule has 2 rings (SSSR count). The standard InChI is InChI=1S/C15H16N2O4S/c1-9-10(2)22-15(21)17(9)8-12(18)16-13(14(19)20)11-6-4-3-5-7-11/h3-7,13H,8H2,1-2H3,(H,16,18)(H,19,20)/t13-/m1/s1. The average Bonchev–Trinajstić information content (AvgIpc) is 2.72. The molecule has 1 heterocycles. The summed E-state index contributed by atoms with van der Waals surface area (Å²) >= 11 is 1.07. The van der Waals surface area contributed by atoms with Crippen LogP contribution in [-0.4, -0.2) is 21.6 Å². The van der Waals surface area contributed by atoms with Gasteiger partial charge in [-0.3, -0.25) is 14.2 Å². The number of aromatic nitrogens is 1. The van der Waals surface area contributed by atoms with Gasteiger partial charge in [-0.25, -0.2) is 4.79 Å². The molecule has 0 spiro atoms. The highest BCUT2D eigenvalue weighted by Gasteiger charge is 2.22. The first kappa shape index (κ1) is 16.0. The van der Waals surface area contributed by atoms with Gasteiger partial charge < -0.3 is 10.4 Å². The molecular formula is C15H16N2O4S. The summed E-state index contributed by atoms with van der Waals surface area (Å²) in [6, 6.07) is 7.30. The Balaban J connectivity index is 2.16. The molecule has 0 aliphatic carbocycles. The number of hydrogen-bond acceptors (Lipinski definition) is 4. The van der Waals surface area contributed by atoms with E-state index >= 15 is 0 Å². The minimum atomic E-state index is -1.15. The van der Waals surface area contributed by atoms with E-state index in [9.17, 15) is 19.5 Å². The first-order chi connectivity index (χ1) is 10.4. The average molecular weight is 320 g/mol. The fraction of sp³-hybridized carbons (Fsp3) is 0.267. The predicted molar refractivity (Wildman–Crippen MR) is 83.0 cm³/mol. The number of nitrogens with zero attached hydrogens (tertiary/aromatic N) is 1. The summed E-state index contributed by atoms with van der Waals surface area (Å²) in [7, 11) is 0. The van der Waals surface area contributed by atoms with Crippen molar-refractivity contribution in [1.29, 1.82) is 0 Å². The van der Waals surface area contributed by atoms with Gasteiger partial charge in [0.15, 0.2) is 6.04 Å². The number of carboxylic acid groups (broad SMARTS) is 1. The number of rotatable bonds is 5. The lowest BCUT2D eigenvalue weighted by molar-refractivity contribution is -0.142. The van der Waals surface area contributed by atoms with Crippen molar-refractivity contribution >= 4 is 23.2 Å². The quantitative estimate of drug-likeness (QED) is 0.873. The fourth-order valence-electron chi connectivity index (χ4n) is 2.05. The van der Waals surface area contributed by atoms with Crippen molar-refractivity contribution in [3.8, 4) is 0 Å². The summed E-state index contributed by atoms with van der Waals surface area (Å²) in [6.45, 7) is 3.37. The monoisotopic (exact) mass is 320 g/mol. The molecule has 2 N–H and O–H groups in total. The number of hydrogen-bond donors (Lipinski definition) is 2. The van der Waals surface area contributed by atoms with Crippen molar-refractivity contribution in [3.05, 3.63) is 56.1 Å². The maximum absolute atomic E-state index is 12.1. The fourth-order valence-corrected chi connectivity index (χ4v) is 2.88. The Morgan fingerprint density at radius 1 is 1.27 bits per heavy atom. The highest BCUT2D eigenvalue weighted by Crippen LogP contribution is 2.13. The summed E-state index contributed by atoms with van der Waals surface area (Å²) in [5, 5.41) is 11.7. The number of carboxylic acids is 1. The molecule has 0 unspecified atom stereocenters. The maximum atomic E-state index is 12.1. The summed E-state index contributed by atoms with van der Waals surface area (Å²) in [6.07, 6.45) is 0. The minimum absolute atomic E-state index is 0.189. The molecule has 6 nitrogen and oxygen atoms in total. The van der Waals surface area contributed by atoms with E-state index in [4.69, 9.17) is 0 Å². The second-order valence-electron chi connectivity index (χ2n) is 4.85. The second kappa shape index (κ2) is 6.57. The molecule has 0 fully saturated rings. The third-order valence-electron chi connectivity index (χ3n) is 3.36. The van der Waals surface area contributed by atoms with Crippen molar-refractivity contribution in [2.24, 2.45) is 0 Å². The lowest BCUT2D eigenvalue weighted by Crippen LogP contribution is -2.37. The predicted octanol–water partition coefficient (Wildman–Crippen LogP) is 1.47. The Morgan fingerprint density at radius 2 is 1.91 bits per heavy atom. The van der Waals surface area contributed by atoms with E-state index < -0.39 is 17.9 Å². The van der Waals surface area contributed by atoms with Crippen molar-refractivity contribution in [3.63, 3.8) is 0 Å². The van der Waals surface area contributed by atoms with Gasteiger partial charge in [0.2, 0.25) is 5.91 Å². The highest BCUT2D eigenvalue weighted by molar-refractivity contribution is 7.09. The lowest BCUT2D eigenvalue weighted by atomic mass is 10.1. The number of aliphatic carboxylic acids is 1. The Bertz CT molecular complexity index is 749. The molecule has 1 aromatic carbocycles. The number of carbonyl (C=O) groups excluding carboxylic acids is 1. The zero-order valence-electron chi connectivity index (χ0n) is 12.2. The van der Waals surface area contributed by atoms with Gasteiger partial charge >= 0.3 is 10.8 Å². The van der Waals surface area contributed by atoms with E-state index in [1.165, 1.54) is 4.57 Å². The Kier molecular flexibility index (Phi) is 4.77. The third kappa shape index (κ3) is 3.43. The van der Waals surface area contributed by atoms with Crippen LogP contribution in [0.5, 0.6) is 0 Å². The van der Waals surface area contributed by atoms with Gasteiger partial charge in [0.1, 0.15) is 6.54 Å². The van der Waals surface area contributed by atoms with Crippen LogP contribution in [0.3, 0.4) is 0 Å². The zero-order valence-corrected chi connectivity index (χ0v) is 13.0. The molecule has 2 aromatic rings. The van der Waals surface area contributed by atoms with Crippen LogP contribution in [0.2, 0.25) is 0 Å². The van der Waals surface area contributed by atoms with E-state index in [-0.39, 0.29) is 11.4 Å². The van der Waals surface area contributed by atoms with Crippen molar-refractivity contribution in [2.45, 2.75) is 26.4 Å². The van der Waals surface area contributed by atoms with Crippen LogP contribution in [0.25, 0.3) is 0 Å². The number of carbonyl (C=O) groups is 2. The number of thiazole rings is 1. The molecule has 0 bridgehead atoms. The number of benzene rings is 1. The lowest BCUT2D eigenvalue weighted by Gasteiger charge is -2.15. The summed E-state index contributed by atoms with van der Waals surface area (Å²) in [5.74, 6) is -1.66. The van der Waals surface area contributed by atoms with Gasteiger partial charge in [-0.1, -0.05) is 41.7 Å². The van der Waals surface area contributed by atoms with Crippen molar-refractivity contribution in [2.75, 3.05) is 0 Å². The molecule has 116 valence electrons. The number of nitrogens with one attached hydrogen (secondary N) is 1. The summed E-state index contributed by atoms with van der Waals surface area (Å²) in [4.78, 5) is 35.8. The van der Waals surface area contributed by atoms with Crippen molar-refractivity contribution in [1.82, 2.24) is 9.88 Å². The van der Waals surface area contributed by atoms with Crippen molar-refractivity contribution < 1.29 is 14.7 Å². The molecule has 0 aliphatic heterocycles. The molecule has 0 radical (unpaired) electrons. The van der Waals surface area contributed by atoms with Gasteiger partial charge in [-0.15, -0.1) is 0 Å². The Morgan fingerprint density at radius 3 is 2.41 bits per heavy atom. The van der Waals surface area contributed by atoms with Gasteiger partial charge in [-0.05, 0) is 19.4 Å². The van der Waals surface area contributed by atoms with Crippen LogP contribution in [0.15, 0.2) is 35.1 Å². The number of aryl methyl sites for hydroxylation is 1. The summed E-state index contributed by atoms with van der Waals surface area (Å²) < 4.78 is 1.35. The van der Waals surface area contributed by atoms with Gasteiger partial charge in [0.25, 0.3) is 0 Å². The number of amides is 1. The van der Waals surface area contributed by atoms with Gasteiger partial charge in [0, 0.05) is 10.6 Å². The van der Waals surface area contributed by atoms with E-state index in [0.717, 1.165) is 21.9 Å². The van der Waals surface area contributed by atoms with Crippen LogP contribution in [-0.2, 0) is 16.1 Å². The van der Waals surface area contributed by atoms with E-state index in [2.05, 4.69) is 5.32 Å². The molecule has 0 saturated heterocycles. The molecule has 0 aliphatic rings. The van der Waals surface area contributed by atoms with Crippen LogP contribution in [0.4, 0.5) is 0 Å². The summed E-state index contributed by atoms with van der Waals surface area (Å²) in [5.41, 5.74) is 1.20. The van der Waals surface area contributed by atoms with Crippen LogP contribution < -0.4 is 10.2 Å². The van der Waals surface area contributed by atoms with E-state index in [1.807, 2.05) is 0 Å². The topological polar surface area (TPSA) is 88.4 Å². The maximum Gasteiger partial charge on any atom is 0.330 e. The first-order valence-electron chi connectivity index (χ1n) is 6.64. The SMILES string of the molecule is Cc1sc(=O)n(CC(=O)N[C@@H](C(=O)O)c2ccccc2)c1C. The molecule has 7 heteroatoms. The molecule has 22 heavy (non-hydrogen) atoms. The Hall–Kier alpha value is -2.41. The molecule has 1 amide bonds. The zero-order chi connectivity index (χ0) is 16.3. The second-order valence-corrected chi connectivity index (χ2v) is 6.01. The van der Waals surface area contributed by atoms with E-state index in [1.54, 1.807) is 44.2 Å². The largest absolute Gasteiger partial charge is 0.479 e. The molecular weight excluding hydrogens is 304 g/mol. The van der Waals surface area contributed by atoms with Gasteiger partial charge in [0.05, 0.1) is 0 Å². The smallest absolute Gasteiger partial charge is 0.330 e. The third-order valence-corrected chi connectivity index (χ3v) is 4.36. The normalized spacial score (nSPS) is 11.9. The molecule has 0 saturated carbocycles. The molecule has 1 atom stereocenters. The van der Waals surface area contributed by atoms with E-state index in [0.29, 0.717) is 5.56 Å².